The van der Waals surface area contributed by atoms with E-state index in [1.165, 1.54) is 0 Å². The number of nitrogens with zero attached hydrogens (tertiary/aromatic N) is 1. The summed E-state index contributed by atoms with van der Waals surface area (Å²) in [5.74, 6) is -0.728. The molecule has 0 aliphatic carbocycles. The molecule has 124 valence electrons. The van der Waals surface area contributed by atoms with Crippen LogP contribution in [0.25, 0.3) is 12.2 Å². The molecular formula is C18H18N2O4. The van der Waals surface area contributed by atoms with Crippen LogP contribution in [0.2, 0.25) is 0 Å². The van der Waals surface area contributed by atoms with Gasteiger partial charge in [0, 0.05) is 18.9 Å². The summed E-state index contributed by atoms with van der Waals surface area (Å²) in [6, 6.07) is 11.1. The van der Waals surface area contributed by atoms with E-state index in [0.29, 0.717) is 5.75 Å². The minimum absolute atomic E-state index is 0.0935. The average molecular weight is 326 g/mol. The highest BCUT2D eigenvalue weighted by Crippen LogP contribution is 2.14. The Bertz CT molecular complexity index is 697. The number of carboxylic acids is 1. The Morgan fingerprint density at radius 3 is 2.29 bits per heavy atom. The van der Waals surface area contributed by atoms with Crippen molar-refractivity contribution in [3.8, 4) is 5.75 Å². The maximum Gasteiger partial charge on any atom is 0.305 e. The van der Waals surface area contributed by atoms with Crippen molar-refractivity contribution in [2.24, 2.45) is 0 Å². The summed E-state index contributed by atoms with van der Waals surface area (Å²) in [7, 11) is 0. The molecule has 2 N–H and O–H groups in total. The summed E-state index contributed by atoms with van der Waals surface area (Å²) in [5, 5.41) is 11.0. The van der Waals surface area contributed by atoms with Crippen molar-refractivity contribution >= 4 is 24.0 Å². The number of ether oxygens (including phenoxy) is 1. The van der Waals surface area contributed by atoms with Gasteiger partial charge in [-0.25, -0.2) is 0 Å². The number of pyridine rings is 1. The second-order valence-corrected chi connectivity index (χ2v) is 4.97. The van der Waals surface area contributed by atoms with Gasteiger partial charge in [-0.2, -0.15) is 0 Å². The van der Waals surface area contributed by atoms with Gasteiger partial charge in [0.15, 0.2) is 6.61 Å². The Morgan fingerprint density at radius 2 is 1.67 bits per heavy atom. The van der Waals surface area contributed by atoms with E-state index < -0.39 is 5.97 Å². The molecule has 1 amide bonds. The summed E-state index contributed by atoms with van der Waals surface area (Å²) < 4.78 is 5.35. The number of carbonyl (C=O) groups is 2. The lowest BCUT2D eigenvalue weighted by atomic mass is 10.1. The Hall–Kier alpha value is -3.15. The number of nitrogens with one attached hydrogen (secondary N) is 1. The van der Waals surface area contributed by atoms with Gasteiger partial charge >= 0.3 is 5.97 Å². The van der Waals surface area contributed by atoms with Gasteiger partial charge in [-0.15, -0.1) is 0 Å². The number of carbonyl (C=O) groups excluding carboxylic acids is 1. The molecule has 0 aliphatic rings. The summed E-state index contributed by atoms with van der Waals surface area (Å²) >= 11 is 0. The topological polar surface area (TPSA) is 88.5 Å². The molecule has 0 spiro atoms. The summed E-state index contributed by atoms with van der Waals surface area (Å²) in [6.07, 6.45) is 7.31. The minimum Gasteiger partial charge on any atom is -0.484 e. The Balaban J connectivity index is 1.78. The summed E-state index contributed by atoms with van der Waals surface area (Å²) in [6.45, 7) is -0.0535. The normalized spacial score (nSPS) is 10.5. The lowest BCUT2D eigenvalue weighted by molar-refractivity contribution is -0.137. The van der Waals surface area contributed by atoms with Crippen molar-refractivity contribution in [2.75, 3.05) is 13.2 Å². The van der Waals surface area contributed by atoms with E-state index in [4.69, 9.17) is 9.84 Å². The maximum absolute atomic E-state index is 11.5. The van der Waals surface area contributed by atoms with Crippen molar-refractivity contribution in [1.82, 2.24) is 10.3 Å². The van der Waals surface area contributed by atoms with Gasteiger partial charge in [0.1, 0.15) is 5.75 Å². The van der Waals surface area contributed by atoms with Crippen molar-refractivity contribution in [3.05, 3.63) is 59.9 Å². The SMILES string of the molecule is O=C(O)CCNC(=O)COc1ccc(/C=C/c2ccncc2)cc1. The van der Waals surface area contributed by atoms with Crippen molar-refractivity contribution < 1.29 is 19.4 Å². The van der Waals surface area contributed by atoms with Crippen molar-refractivity contribution in [2.45, 2.75) is 6.42 Å². The average Bonchev–Trinajstić information content (AvgIpc) is 2.59. The third kappa shape index (κ3) is 6.31. The van der Waals surface area contributed by atoms with Gasteiger partial charge in [0.25, 0.3) is 5.91 Å². The second-order valence-electron chi connectivity index (χ2n) is 4.97. The molecule has 0 fully saturated rings. The van der Waals surface area contributed by atoms with Crippen LogP contribution in [0.4, 0.5) is 0 Å². The number of rotatable bonds is 8. The smallest absolute Gasteiger partial charge is 0.305 e. The van der Waals surface area contributed by atoms with Crippen LogP contribution in [0.5, 0.6) is 5.75 Å². The van der Waals surface area contributed by atoms with Gasteiger partial charge in [-0.3, -0.25) is 14.6 Å². The lowest BCUT2D eigenvalue weighted by Crippen LogP contribution is -2.30. The first-order valence-corrected chi connectivity index (χ1v) is 7.43. The molecule has 0 bridgehead atoms. The molecule has 2 aromatic rings. The molecule has 1 heterocycles. The number of aliphatic carboxylic acids is 1. The zero-order chi connectivity index (χ0) is 17.2. The zero-order valence-corrected chi connectivity index (χ0v) is 13.0. The highest BCUT2D eigenvalue weighted by molar-refractivity contribution is 5.78. The molecule has 0 saturated heterocycles. The van der Waals surface area contributed by atoms with Crippen LogP contribution < -0.4 is 10.1 Å². The molecule has 0 radical (unpaired) electrons. The molecule has 6 nitrogen and oxygen atoms in total. The van der Waals surface area contributed by atoms with E-state index in [2.05, 4.69) is 10.3 Å². The van der Waals surface area contributed by atoms with Crippen LogP contribution in [0.15, 0.2) is 48.8 Å². The zero-order valence-electron chi connectivity index (χ0n) is 13.0. The van der Waals surface area contributed by atoms with Gasteiger partial charge in [-0.1, -0.05) is 24.3 Å². The Kier molecular flexibility index (Phi) is 6.52. The molecule has 0 aliphatic heterocycles. The van der Waals surface area contributed by atoms with Crippen LogP contribution in [0, 0.1) is 0 Å². The van der Waals surface area contributed by atoms with Gasteiger partial charge < -0.3 is 15.2 Å². The van der Waals surface area contributed by atoms with Crippen LogP contribution >= 0.6 is 0 Å². The number of amides is 1. The van der Waals surface area contributed by atoms with E-state index in [-0.39, 0.29) is 25.5 Å². The fourth-order valence-corrected chi connectivity index (χ4v) is 1.85. The lowest BCUT2D eigenvalue weighted by Gasteiger charge is -2.07. The van der Waals surface area contributed by atoms with E-state index in [9.17, 15) is 9.59 Å². The monoisotopic (exact) mass is 326 g/mol. The van der Waals surface area contributed by atoms with Crippen LogP contribution in [-0.4, -0.2) is 35.1 Å². The van der Waals surface area contributed by atoms with E-state index >= 15 is 0 Å². The molecule has 1 aromatic carbocycles. The van der Waals surface area contributed by atoms with Crippen LogP contribution in [0.3, 0.4) is 0 Å². The van der Waals surface area contributed by atoms with Gasteiger partial charge in [0.05, 0.1) is 6.42 Å². The predicted octanol–water partition coefficient (Wildman–Crippen LogP) is 2.22. The third-order valence-corrected chi connectivity index (χ3v) is 3.09. The fraction of sp³-hybridized carbons (Fsp3) is 0.167. The van der Waals surface area contributed by atoms with Crippen molar-refractivity contribution in [3.63, 3.8) is 0 Å². The molecule has 6 heteroatoms. The van der Waals surface area contributed by atoms with E-state index in [1.54, 1.807) is 24.5 Å². The van der Waals surface area contributed by atoms with E-state index in [0.717, 1.165) is 11.1 Å². The molecule has 0 atom stereocenters. The number of hydrogen-bond acceptors (Lipinski definition) is 4. The van der Waals surface area contributed by atoms with Crippen LogP contribution in [0.1, 0.15) is 17.5 Å². The number of benzene rings is 1. The van der Waals surface area contributed by atoms with E-state index in [1.807, 2.05) is 36.4 Å². The molecular weight excluding hydrogens is 308 g/mol. The number of aromatic nitrogens is 1. The first-order chi connectivity index (χ1) is 11.6. The standard InChI is InChI=1S/C18H18N2O4/c21-17(20-12-9-18(22)23)13-24-16-5-3-14(4-6-16)1-2-15-7-10-19-11-8-15/h1-8,10-11H,9,12-13H2,(H,20,21)(H,22,23)/b2-1+. The van der Waals surface area contributed by atoms with Crippen LogP contribution in [-0.2, 0) is 9.59 Å². The van der Waals surface area contributed by atoms with Gasteiger partial charge in [0.2, 0.25) is 0 Å². The Labute approximate surface area is 139 Å². The second kappa shape index (κ2) is 9.09. The molecule has 1 aromatic heterocycles. The van der Waals surface area contributed by atoms with Gasteiger partial charge in [-0.05, 0) is 35.4 Å². The molecule has 2 rings (SSSR count). The molecule has 0 unspecified atom stereocenters. The van der Waals surface area contributed by atoms with Crippen molar-refractivity contribution in [1.29, 1.82) is 0 Å². The Morgan fingerprint density at radius 1 is 1.04 bits per heavy atom. The molecule has 0 saturated carbocycles. The quantitative estimate of drug-likeness (QED) is 0.776. The number of carboxylic acid groups (broad SMARTS) is 1. The number of hydrogen-bond donors (Lipinski definition) is 2. The molecule has 24 heavy (non-hydrogen) atoms. The first kappa shape index (κ1) is 17.2. The maximum atomic E-state index is 11.5. The largest absolute Gasteiger partial charge is 0.484 e. The fourth-order valence-electron chi connectivity index (χ4n) is 1.85. The summed E-state index contributed by atoms with van der Waals surface area (Å²) in [5.41, 5.74) is 2.06. The highest BCUT2D eigenvalue weighted by atomic mass is 16.5. The predicted molar refractivity (Wildman–Crippen MR) is 90.4 cm³/mol. The summed E-state index contributed by atoms with van der Waals surface area (Å²) in [4.78, 5) is 25.8. The first-order valence-electron chi connectivity index (χ1n) is 7.43. The third-order valence-electron chi connectivity index (χ3n) is 3.09. The minimum atomic E-state index is -0.952. The highest BCUT2D eigenvalue weighted by Gasteiger charge is 2.03.